The van der Waals surface area contributed by atoms with Crippen molar-refractivity contribution in [3.05, 3.63) is 0 Å². The van der Waals surface area contributed by atoms with E-state index in [2.05, 4.69) is 19.0 Å². The van der Waals surface area contributed by atoms with E-state index in [1.54, 1.807) is 0 Å². The van der Waals surface area contributed by atoms with Gasteiger partial charge in [0.25, 0.3) is 0 Å². The third kappa shape index (κ3) is 2.67. The Bertz CT molecular complexity index is 230. The third-order valence-corrected chi connectivity index (χ3v) is 4.87. The maximum atomic E-state index is 10.8. The van der Waals surface area contributed by atoms with Crippen molar-refractivity contribution in [1.82, 2.24) is 4.90 Å². The Kier molecular flexibility index (Phi) is 4.45. The minimum atomic E-state index is -0.179. The summed E-state index contributed by atoms with van der Waals surface area (Å²) in [5.74, 6) is 0.434. The van der Waals surface area contributed by atoms with E-state index in [4.69, 9.17) is 4.74 Å². The molecule has 100 valence electrons. The van der Waals surface area contributed by atoms with Crippen molar-refractivity contribution in [1.29, 1.82) is 0 Å². The van der Waals surface area contributed by atoms with Crippen molar-refractivity contribution < 1.29 is 9.84 Å². The molecule has 0 radical (unpaired) electrons. The highest BCUT2D eigenvalue weighted by Gasteiger charge is 2.44. The van der Waals surface area contributed by atoms with Crippen LogP contribution < -0.4 is 0 Å². The van der Waals surface area contributed by atoms with Gasteiger partial charge in [-0.25, -0.2) is 0 Å². The van der Waals surface area contributed by atoms with Crippen LogP contribution in [0.3, 0.4) is 0 Å². The summed E-state index contributed by atoms with van der Waals surface area (Å²) in [6.07, 6.45) is 8.03. The van der Waals surface area contributed by atoms with E-state index in [1.165, 1.54) is 19.3 Å². The molecular formula is C14H27NO2. The Morgan fingerprint density at radius 2 is 1.71 bits per heavy atom. The van der Waals surface area contributed by atoms with Crippen LogP contribution in [0.5, 0.6) is 0 Å². The molecular weight excluding hydrogens is 214 g/mol. The Labute approximate surface area is 105 Å². The first-order valence-electron chi connectivity index (χ1n) is 7.10. The maximum absolute atomic E-state index is 10.8. The lowest BCUT2D eigenvalue weighted by molar-refractivity contribution is -0.0862. The van der Waals surface area contributed by atoms with Crippen molar-refractivity contribution >= 4 is 0 Å². The van der Waals surface area contributed by atoms with Crippen LogP contribution in [0.2, 0.25) is 0 Å². The standard InChI is InChI=1S/C14H27NO2/c1-15(2)14(8-4-3-5-9-14)13(16)12-6-10-17-11-7-12/h12-13,16H,3-11H2,1-2H3. The Balaban J connectivity index is 2.08. The van der Waals surface area contributed by atoms with E-state index in [9.17, 15) is 5.11 Å². The molecule has 0 spiro atoms. The van der Waals surface area contributed by atoms with Gasteiger partial charge in [-0.3, -0.25) is 0 Å². The van der Waals surface area contributed by atoms with Crippen LogP contribution in [0.25, 0.3) is 0 Å². The number of likely N-dealkylation sites (N-methyl/N-ethyl adjacent to an activating group) is 1. The topological polar surface area (TPSA) is 32.7 Å². The molecule has 1 aliphatic carbocycles. The molecule has 17 heavy (non-hydrogen) atoms. The van der Waals surface area contributed by atoms with E-state index in [0.717, 1.165) is 38.9 Å². The van der Waals surface area contributed by atoms with Crippen molar-refractivity contribution in [2.75, 3.05) is 27.3 Å². The van der Waals surface area contributed by atoms with Crippen LogP contribution in [-0.4, -0.2) is 49.0 Å². The fourth-order valence-corrected chi connectivity index (χ4v) is 3.64. The molecule has 1 saturated heterocycles. The van der Waals surface area contributed by atoms with Crippen LogP contribution in [0.1, 0.15) is 44.9 Å². The highest BCUT2D eigenvalue weighted by atomic mass is 16.5. The van der Waals surface area contributed by atoms with E-state index >= 15 is 0 Å². The summed E-state index contributed by atoms with van der Waals surface area (Å²) >= 11 is 0. The van der Waals surface area contributed by atoms with Gasteiger partial charge in [0.1, 0.15) is 0 Å². The van der Waals surface area contributed by atoms with Crippen LogP contribution in [0.4, 0.5) is 0 Å². The zero-order chi connectivity index (χ0) is 12.3. The lowest BCUT2D eigenvalue weighted by Gasteiger charge is -2.49. The molecule has 1 aliphatic heterocycles. The molecule has 0 aromatic carbocycles. The lowest BCUT2D eigenvalue weighted by atomic mass is 9.71. The first-order valence-corrected chi connectivity index (χ1v) is 7.10. The van der Waals surface area contributed by atoms with Gasteiger partial charge in [0, 0.05) is 18.8 Å². The van der Waals surface area contributed by atoms with Gasteiger partial charge in [0.05, 0.1) is 6.10 Å². The normalized spacial score (nSPS) is 28.2. The summed E-state index contributed by atoms with van der Waals surface area (Å²) in [5.41, 5.74) is 0.0280. The summed E-state index contributed by atoms with van der Waals surface area (Å²) in [5, 5.41) is 10.8. The molecule has 1 unspecified atom stereocenters. The molecule has 0 aromatic heterocycles. The van der Waals surface area contributed by atoms with Crippen LogP contribution >= 0.6 is 0 Å². The summed E-state index contributed by atoms with van der Waals surface area (Å²) in [7, 11) is 4.27. The second kappa shape index (κ2) is 5.68. The molecule has 3 nitrogen and oxygen atoms in total. The van der Waals surface area contributed by atoms with Gasteiger partial charge in [0.2, 0.25) is 0 Å². The third-order valence-electron chi connectivity index (χ3n) is 4.87. The number of aliphatic hydroxyl groups excluding tert-OH is 1. The van der Waals surface area contributed by atoms with Gasteiger partial charge >= 0.3 is 0 Å². The van der Waals surface area contributed by atoms with Crippen LogP contribution in [0, 0.1) is 5.92 Å². The van der Waals surface area contributed by atoms with Gasteiger partial charge in [-0.05, 0) is 45.7 Å². The molecule has 1 atom stereocenters. The Hall–Kier alpha value is -0.120. The van der Waals surface area contributed by atoms with Gasteiger partial charge in [0.15, 0.2) is 0 Å². The molecule has 0 aromatic rings. The summed E-state index contributed by atoms with van der Waals surface area (Å²) in [4.78, 5) is 2.28. The zero-order valence-corrected chi connectivity index (χ0v) is 11.3. The van der Waals surface area contributed by atoms with Gasteiger partial charge in [-0.1, -0.05) is 19.3 Å². The quantitative estimate of drug-likeness (QED) is 0.821. The Morgan fingerprint density at radius 1 is 1.12 bits per heavy atom. The minimum absolute atomic E-state index is 0.0280. The highest BCUT2D eigenvalue weighted by molar-refractivity contribution is 4.99. The molecule has 1 N–H and O–H groups in total. The second-order valence-corrected chi connectivity index (χ2v) is 5.95. The molecule has 1 heterocycles. The van der Waals surface area contributed by atoms with E-state index in [1.807, 2.05) is 0 Å². The van der Waals surface area contributed by atoms with Crippen molar-refractivity contribution in [3.63, 3.8) is 0 Å². The van der Waals surface area contributed by atoms with E-state index in [0.29, 0.717) is 5.92 Å². The smallest absolute Gasteiger partial charge is 0.0753 e. The van der Waals surface area contributed by atoms with Crippen LogP contribution in [-0.2, 0) is 4.74 Å². The first kappa shape index (κ1) is 13.3. The number of hydrogen-bond donors (Lipinski definition) is 1. The van der Waals surface area contributed by atoms with Gasteiger partial charge in [-0.15, -0.1) is 0 Å². The molecule has 2 aliphatic rings. The van der Waals surface area contributed by atoms with Gasteiger partial charge < -0.3 is 14.7 Å². The number of hydrogen-bond acceptors (Lipinski definition) is 3. The summed E-state index contributed by atoms with van der Waals surface area (Å²) < 4.78 is 5.41. The lowest BCUT2D eigenvalue weighted by Crippen LogP contribution is -2.57. The monoisotopic (exact) mass is 241 g/mol. The van der Waals surface area contributed by atoms with Crippen molar-refractivity contribution in [2.45, 2.75) is 56.6 Å². The SMILES string of the molecule is CN(C)C1(C(O)C2CCOCC2)CCCCC1. The molecule has 1 saturated carbocycles. The maximum Gasteiger partial charge on any atom is 0.0753 e. The van der Waals surface area contributed by atoms with E-state index in [-0.39, 0.29) is 11.6 Å². The first-order chi connectivity index (χ1) is 8.17. The number of rotatable bonds is 3. The Morgan fingerprint density at radius 3 is 2.24 bits per heavy atom. The fourth-order valence-electron chi connectivity index (χ4n) is 3.64. The second-order valence-electron chi connectivity index (χ2n) is 5.95. The molecule has 0 bridgehead atoms. The highest BCUT2D eigenvalue weighted by Crippen LogP contribution is 2.39. The van der Waals surface area contributed by atoms with Crippen molar-refractivity contribution in [3.8, 4) is 0 Å². The van der Waals surface area contributed by atoms with E-state index < -0.39 is 0 Å². The number of ether oxygens (including phenoxy) is 1. The zero-order valence-electron chi connectivity index (χ0n) is 11.3. The summed E-state index contributed by atoms with van der Waals surface area (Å²) in [6, 6.07) is 0. The summed E-state index contributed by atoms with van der Waals surface area (Å²) in [6.45, 7) is 1.65. The number of aliphatic hydroxyl groups is 1. The average molecular weight is 241 g/mol. The molecule has 3 heteroatoms. The fraction of sp³-hybridized carbons (Fsp3) is 1.00. The predicted octanol–water partition coefficient (Wildman–Crippen LogP) is 2.04. The number of nitrogens with zero attached hydrogens (tertiary/aromatic N) is 1. The average Bonchev–Trinajstić information content (AvgIpc) is 2.39. The van der Waals surface area contributed by atoms with Crippen molar-refractivity contribution in [2.24, 2.45) is 5.92 Å². The van der Waals surface area contributed by atoms with Gasteiger partial charge in [-0.2, -0.15) is 0 Å². The molecule has 2 fully saturated rings. The molecule has 2 rings (SSSR count). The predicted molar refractivity (Wildman–Crippen MR) is 69.1 cm³/mol. The minimum Gasteiger partial charge on any atom is -0.391 e. The molecule has 0 amide bonds. The largest absolute Gasteiger partial charge is 0.391 e. The van der Waals surface area contributed by atoms with Crippen LogP contribution in [0.15, 0.2) is 0 Å².